The van der Waals surface area contributed by atoms with Gasteiger partial charge in [-0.1, -0.05) is 25.1 Å². The summed E-state index contributed by atoms with van der Waals surface area (Å²) in [6.07, 6.45) is 9.83. The second-order valence-corrected chi connectivity index (χ2v) is 15.7. The summed E-state index contributed by atoms with van der Waals surface area (Å²) in [6.45, 7) is 16.1. The van der Waals surface area contributed by atoms with Gasteiger partial charge in [-0.2, -0.15) is 0 Å². The standard InChI is InChI=1S/C34H55N5O3.C10H14O2/c1-27-11-5-6-14-33(27)42-26-31(41)25-38-24-30(39(28(2)40)18-10-15-36-21-19-35(3)20-22-36)23-32(38)34(29-12-9-13-29)37-16-7-4-8-17-37;1-4-8-7-9(11-2)5-6-10(8)12-3/h5-6,11,14,30-32,41H,4,7-10,12-13,15-26H2,1-3H3;5-7H,4H2,1-3H3. The third kappa shape index (κ3) is 11.6. The van der Waals surface area contributed by atoms with Crippen LogP contribution in [0.15, 0.2) is 53.7 Å². The van der Waals surface area contributed by atoms with Crippen LogP contribution in [0.25, 0.3) is 0 Å². The second-order valence-electron chi connectivity index (χ2n) is 15.7. The van der Waals surface area contributed by atoms with Gasteiger partial charge in [0.2, 0.25) is 5.91 Å². The Morgan fingerprint density at radius 1 is 0.944 bits per heavy atom. The molecule has 3 saturated heterocycles. The predicted octanol–water partition coefficient (Wildman–Crippen LogP) is 5.85. The largest absolute Gasteiger partial charge is 0.497 e. The lowest BCUT2D eigenvalue weighted by Gasteiger charge is -2.41. The molecule has 10 nitrogen and oxygen atoms in total. The molecule has 4 fully saturated rings. The van der Waals surface area contributed by atoms with Gasteiger partial charge in [0.05, 0.1) is 20.3 Å². The number of carbonyl (C=O) groups is 1. The molecule has 1 aliphatic carbocycles. The van der Waals surface area contributed by atoms with Crippen molar-refractivity contribution in [3.05, 3.63) is 64.9 Å². The van der Waals surface area contributed by atoms with E-state index in [-0.39, 0.29) is 24.6 Å². The quantitative estimate of drug-likeness (QED) is 0.241. The SMILES string of the molecule is CC(=O)N(CCCN1CCN(C)CC1)C1CC(C(=C2CCC2)N2CCCCC2)N(CC(O)COc2ccccc2C)C1.CCc1cc(OC)ccc1OC. The van der Waals surface area contributed by atoms with Crippen LogP contribution in [0.5, 0.6) is 17.2 Å². The minimum atomic E-state index is -0.595. The first kappa shape index (κ1) is 41.8. The maximum atomic E-state index is 13.1. The molecule has 0 aromatic heterocycles. The smallest absolute Gasteiger partial charge is 0.219 e. The van der Waals surface area contributed by atoms with Crippen LogP contribution < -0.4 is 14.2 Å². The van der Waals surface area contributed by atoms with Crippen molar-refractivity contribution < 1.29 is 24.1 Å². The second kappa shape index (κ2) is 21.1. The highest BCUT2D eigenvalue weighted by atomic mass is 16.5. The van der Waals surface area contributed by atoms with Gasteiger partial charge in [0.15, 0.2) is 0 Å². The number of carbonyl (C=O) groups excluding carboxylic acids is 1. The van der Waals surface area contributed by atoms with Crippen molar-refractivity contribution in [3.8, 4) is 17.2 Å². The van der Waals surface area contributed by atoms with Gasteiger partial charge < -0.3 is 38.9 Å². The Bertz CT molecular complexity index is 1480. The maximum absolute atomic E-state index is 13.1. The zero-order valence-electron chi connectivity index (χ0n) is 34.2. The van der Waals surface area contributed by atoms with Crippen LogP contribution in [0.3, 0.4) is 0 Å². The van der Waals surface area contributed by atoms with Crippen molar-refractivity contribution in [2.45, 2.75) is 96.7 Å². The molecule has 54 heavy (non-hydrogen) atoms. The molecule has 6 rings (SSSR count). The third-order valence-electron chi connectivity index (χ3n) is 11.9. The van der Waals surface area contributed by atoms with Crippen molar-refractivity contribution >= 4 is 5.91 Å². The van der Waals surface area contributed by atoms with Crippen LogP contribution >= 0.6 is 0 Å². The van der Waals surface area contributed by atoms with Gasteiger partial charge in [-0.05, 0) is 119 Å². The highest BCUT2D eigenvalue weighted by Crippen LogP contribution is 2.39. The number of aryl methyl sites for hydroxylation is 2. The number of para-hydroxylation sites is 1. The number of hydrogen-bond donors (Lipinski definition) is 1. The molecule has 1 N–H and O–H groups in total. The Hall–Kier alpha value is -3.31. The lowest BCUT2D eigenvalue weighted by molar-refractivity contribution is -0.131. The Morgan fingerprint density at radius 3 is 2.31 bits per heavy atom. The lowest BCUT2D eigenvalue weighted by atomic mass is 9.86. The van der Waals surface area contributed by atoms with E-state index in [0.717, 1.165) is 101 Å². The number of piperazine rings is 1. The number of amides is 1. The Labute approximate surface area is 326 Å². The summed E-state index contributed by atoms with van der Waals surface area (Å²) in [7, 11) is 5.54. The van der Waals surface area contributed by atoms with Gasteiger partial charge in [-0.15, -0.1) is 0 Å². The summed E-state index contributed by atoms with van der Waals surface area (Å²) >= 11 is 0. The molecule has 1 amide bonds. The summed E-state index contributed by atoms with van der Waals surface area (Å²) in [5.74, 6) is 2.82. The number of benzene rings is 2. The average molecular weight is 748 g/mol. The summed E-state index contributed by atoms with van der Waals surface area (Å²) in [4.78, 5) is 25.3. The van der Waals surface area contributed by atoms with E-state index < -0.39 is 6.10 Å². The first-order chi connectivity index (χ1) is 26.2. The lowest BCUT2D eigenvalue weighted by Crippen LogP contribution is -2.46. The van der Waals surface area contributed by atoms with Crippen LogP contribution in [0.1, 0.15) is 76.3 Å². The van der Waals surface area contributed by atoms with Crippen molar-refractivity contribution in [2.24, 2.45) is 0 Å². The zero-order valence-corrected chi connectivity index (χ0v) is 34.2. The highest BCUT2D eigenvalue weighted by molar-refractivity contribution is 5.73. The molecule has 0 bridgehead atoms. The Balaban J connectivity index is 0.000000398. The van der Waals surface area contributed by atoms with E-state index in [4.69, 9.17) is 14.2 Å². The molecule has 0 spiro atoms. The number of nitrogens with zero attached hydrogens (tertiary/aromatic N) is 5. The molecule has 3 heterocycles. The zero-order chi connectivity index (χ0) is 38.5. The molecular formula is C44H69N5O5. The van der Waals surface area contributed by atoms with Gasteiger partial charge >= 0.3 is 0 Å². The van der Waals surface area contributed by atoms with Crippen LogP contribution in [0, 0.1) is 6.92 Å². The number of allylic oxidation sites excluding steroid dienone is 1. The first-order valence-electron chi connectivity index (χ1n) is 20.7. The third-order valence-corrected chi connectivity index (χ3v) is 11.9. The van der Waals surface area contributed by atoms with Gasteiger partial charge in [0, 0.05) is 77.6 Å². The number of β-amino-alcohol motifs (C(OH)–C–C–N with tert-alkyl or cyclic N) is 1. The number of likely N-dealkylation sites (N-methyl/N-ethyl adjacent to an activating group) is 1. The summed E-state index contributed by atoms with van der Waals surface area (Å²) < 4.78 is 16.3. The Kier molecular flexibility index (Phi) is 16.4. The minimum absolute atomic E-state index is 0.171. The van der Waals surface area contributed by atoms with Crippen LogP contribution in [0.2, 0.25) is 0 Å². The minimum Gasteiger partial charge on any atom is -0.497 e. The van der Waals surface area contributed by atoms with Gasteiger partial charge in [-0.3, -0.25) is 9.69 Å². The Morgan fingerprint density at radius 2 is 1.69 bits per heavy atom. The van der Waals surface area contributed by atoms with Crippen molar-refractivity contribution in [2.75, 3.05) is 93.3 Å². The topological polar surface area (TPSA) is 81.2 Å². The first-order valence-corrected chi connectivity index (χ1v) is 20.7. The van der Waals surface area contributed by atoms with Crippen LogP contribution in [-0.2, 0) is 11.2 Å². The number of aliphatic hydroxyl groups excluding tert-OH is 1. The summed E-state index contributed by atoms with van der Waals surface area (Å²) in [6, 6.07) is 14.2. The van der Waals surface area contributed by atoms with E-state index in [2.05, 4.69) is 38.5 Å². The monoisotopic (exact) mass is 748 g/mol. The number of ether oxygens (including phenoxy) is 3. The van der Waals surface area contributed by atoms with E-state index in [0.29, 0.717) is 6.54 Å². The fourth-order valence-corrected chi connectivity index (χ4v) is 8.53. The molecule has 3 unspecified atom stereocenters. The fraction of sp³-hybridized carbons (Fsp3) is 0.659. The molecular weight excluding hydrogens is 679 g/mol. The van der Waals surface area contributed by atoms with Crippen LogP contribution in [0.4, 0.5) is 0 Å². The molecule has 10 heteroatoms. The van der Waals surface area contributed by atoms with E-state index in [1.165, 1.54) is 49.8 Å². The molecule has 300 valence electrons. The molecule has 4 aliphatic rings. The number of piperidine rings is 1. The number of likely N-dealkylation sites (tertiary alicyclic amines) is 2. The molecule has 3 aliphatic heterocycles. The summed E-state index contributed by atoms with van der Waals surface area (Å²) in [5, 5.41) is 11.2. The van der Waals surface area contributed by atoms with E-state index in [1.54, 1.807) is 26.7 Å². The van der Waals surface area contributed by atoms with Crippen molar-refractivity contribution in [3.63, 3.8) is 0 Å². The van der Waals surface area contributed by atoms with Crippen molar-refractivity contribution in [1.82, 2.24) is 24.5 Å². The fourth-order valence-electron chi connectivity index (χ4n) is 8.53. The van der Waals surface area contributed by atoms with E-state index >= 15 is 0 Å². The molecule has 0 radical (unpaired) electrons. The molecule has 1 saturated carbocycles. The van der Waals surface area contributed by atoms with Gasteiger partial charge in [-0.25, -0.2) is 0 Å². The number of hydrogen-bond acceptors (Lipinski definition) is 9. The summed E-state index contributed by atoms with van der Waals surface area (Å²) in [5.41, 5.74) is 5.40. The normalized spacial score (nSPS) is 21.5. The van der Waals surface area contributed by atoms with Gasteiger partial charge in [0.25, 0.3) is 0 Å². The molecule has 3 atom stereocenters. The van der Waals surface area contributed by atoms with Crippen molar-refractivity contribution in [1.29, 1.82) is 0 Å². The maximum Gasteiger partial charge on any atom is 0.219 e. The number of rotatable bonds is 15. The predicted molar refractivity (Wildman–Crippen MR) is 218 cm³/mol. The van der Waals surface area contributed by atoms with E-state index in [9.17, 15) is 9.90 Å². The highest BCUT2D eigenvalue weighted by Gasteiger charge is 2.42. The number of methoxy groups -OCH3 is 2. The number of aliphatic hydroxyl groups is 1. The molecule has 2 aromatic rings. The molecule has 2 aromatic carbocycles. The van der Waals surface area contributed by atoms with E-state index in [1.807, 2.05) is 49.4 Å². The van der Waals surface area contributed by atoms with Crippen LogP contribution in [-0.4, -0.2) is 147 Å². The van der Waals surface area contributed by atoms with Gasteiger partial charge in [0.1, 0.15) is 30.0 Å². The average Bonchev–Trinajstić information content (AvgIpc) is 3.57.